The van der Waals surface area contributed by atoms with Crippen molar-refractivity contribution >= 4 is 22.7 Å². The van der Waals surface area contributed by atoms with Gasteiger partial charge in [0.25, 0.3) is 5.56 Å². The van der Waals surface area contributed by atoms with Crippen LogP contribution in [0, 0.1) is 0 Å². The van der Waals surface area contributed by atoms with Gasteiger partial charge in [0, 0.05) is 19.0 Å². The number of fused-ring (bicyclic) bond motifs is 1. The standard InChI is InChI=1S/C19H24N4O3/c24-17(20-12-18(25)22-14-6-2-1-3-7-14)10-11-23-13-21-16-9-5-4-8-15(16)19(23)26/h4-5,8-9,13-14H,1-3,6-7,10-12H2,(H,20,24)(H,22,25). The Balaban J connectivity index is 1.46. The first-order valence-electron chi connectivity index (χ1n) is 9.14. The van der Waals surface area contributed by atoms with Crippen molar-refractivity contribution in [2.24, 2.45) is 0 Å². The van der Waals surface area contributed by atoms with E-state index < -0.39 is 0 Å². The highest BCUT2D eigenvalue weighted by atomic mass is 16.2. The van der Waals surface area contributed by atoms with E-state index in [9.17, 15) is 14.4 Å². The van der Waals surface area contributed by atoms with Crippen LogP contribution in [-0.2, 0) is 16.1 Å². The zero-order chi connectivity index (χ0) is 18.4. The first-order chi connectivity index (χ1) is 12.6. The summed E-state index contributed by atoms with van der Waals surface area (Å²) in [5.41, 5.74) is 0.469. The molecule has 1 aromatic heterocycles. The lowest BCUT2D eigenvalue weighted by atomic mass is 9.95. The Morgan fingerprint density at radius 1 is 1.12 bits per heavy atom. The van der Waals surface area contributed by atoms with Gasteiger partial charge in [0.1, 0.15) is 0 Å². The van der Waals surface area contributed by atoms with Crippen molar-refractivity contribution in [3.05, 3.63) is 40.9 Å². The maximum absolute atomic E-state index is 12.4. The largest absolute Gasteiger partial charge is 0.352 e. The van der Waals surface area contributed by atoms with Gasteiger partial charge in [-0.05, 0) is 25.0 Å². The minimum Gasteiger partial charge on any atom is -0.352 e. The Kier molecular flexibility index (Phi) is 5.99. The Morgan fingerprint density at radius 3 is 2.69 bits per heavy atom. The molecule has 0 aliphatic heterocycles. The van der Waals surface area contributed by atoms with E-state index in [0.29, 0.717) is 10.9 Å². The van der Waals surface area contributed by atoms with Gasteiger partial charge in [-0.1, -0.05) is 31.4 Å². The first kappa shape index (κ1) is 18.1. The number of hydrogen-bond acceptors (Lipinski definition) is 4. The van der Waals surface area contributed by atoms with Crippen LogP contribution in [0.1, 0.15) is 38.5 Å². The summed E-state index contributed by atoms with van der Waals surface area (Å²) in [5, 5.41) is 6.10. The molecule has 1 aromatic carbocycles. The number of hydrogen-bond donors (Lipinski definition) is 2. The van der Waals surface area contributed by atoms with Gasteiger partial charge in [0.15, 0.2) is 0 Å². The monoisotopic (exact) mass is 356 g/mol. The normalized spacial score (nSPS) is 14.9. The number of aryl methyl sites for hydroxylation is 1. The van der Waals surface area contributed by atoms with E-state index >= 15 is 0 Å². The van der Waals surface area contributed by atoms with Gasteiger partial charge < -0.3 is 10.6 Å². The summed E-state index contributed by atoms with van der Waals surface area (Å²) in [4.78, 5) is 40.4. The number of nitrogens with one attached hydrogen (secondary N) is 2. The predicted molar refractivity (Wildman–Crippen MR) is 98.6 cm³/mol. The molecule has 26 heavy (non-hydrogen) atoms. The van der Waals surface area contributed by atoms with E-state index in [0.717, 1.165) is 25.7 Å². The van der Waals surface area contributed by atoms with Gasteiger partial charge in [-0.25, -0.2) is 4.98 Å². The molecule has 1 saturated carbocycles. The molecule has 3 rings (SSSR count). The zero-order valence-electron chi connectivity index (χ0n) is 14.7. The Labute approximate surface area is 151 Å². The number of rotatable bonds is 6. The second kappa shape index (κ2) is 8.60. The van der Waals surface area contributed by atoms with Crippen molar-refractivity contribution < 1.29 is 9.59 Å². The highest BCUT2D eigenvalue weighted by Gasteiger charge is 2.16. The number of aromatic nitrogens is 2. The molecule has 1 heterocycles. The van der Waals surface area contributed by atoms with Crippen molar-refractivity contribution in [3.8, 4) is 0 Å². The third-order valence-electron chi connectivity index (χ3n) is 4.73. The van der Waals surface area contributed by atoms with Crippen LogP contribution in [0.4, 0.5) is 0 Å². The number of amides is 2. The van der Waals surface area contributed by atoms with Crippen molar-refractivity contribution in [1.29, 1.82) is 0 Å². The minimum absolute atomic E-state index is 0.0276. The molecular weight excluding hydrogens is 332 g/mol. The highest BCUT2D eigenvalue weighted by Crippen LogP contribution is 2.17. The summed E-state index contributed by atoms with van der Waals surface area (Å²) >= 11 is 0. The Hall–Kier alpha value is -2.70. The molecule has 138 valence electrons. The van der Waals surface area contributed by atoms with E-state index in [1.165, 1.54) is 17.3 Å². The van der Waals surface area contributed by atoms with E-state index in [1.54, 1.807) is 18.2 Å². The Bertz CT molecular complexity index is 840. The van der Waals surface area contributed by atoms with Gasteiger partial charge in [-0.15, -0.1) is 0 Å². The summed E-state index contributed by atoms with van der Waals surface area (Å²) in [6.07, 6.45) is 7.11. The quantitative estimate of drug-likeness (QED) is 0.817. The molecular formula is C19H24N4O3. The molecule has 0 radical (unpaired) electrons. The second-order valence-electron chi connectivity index (χ2n) is 6.69. The molecule has 0 unspecified atom stereocenters. The topological polar surface area (TPSA) is 93.1 Å². The van der Waals surface area contributed by atoms with Crippen molar-refractivity contribution in [1.82, 2.24) is 20.2 Å². The van der Waals surface area contributed by atoms with Gasteiger partial charge in [0.05, 0.1) is 23.8 Å². The third kappa shape index (κ3) is 4.68. The van der Waals surface area contributed by atoms with Crippen LogP contribution in [0.2, 0.25) is 0 Å². The molecule has 2 N–H and O–H groups in total. The van der Waals surface area contributed by atoms with Crippen LogP contribution in [0.25, 0.3) is 10.9 Å². The highest BCUT2D eigenvalue weighted by molar-refractivity contribution is 5.84. The third-order valence-corrected chi connectivity index (χ3v) is 4.73. The number of para-hydroxylation sites is 1. The summed E-state index contributed by atoms with van der Waals surface area (Å²) < 4.78 is 1.42. The molecule has 2 aromatic rings. The maximum Gasteiger partial charge on any atom is 0.261 e. The molecule has 7 nitrogen and oxygen atoms in total. The fourth-order valence-electron chi connectivity index (χ4n) is 3.28. The summed E-state index contributed by atoms with van der Waals surface area (Å²) in [7, 11) is 0. The lowest BCUT2D eigenvalue weighted by molar-refractivity contribution is -0.126. The molecule has 1 fully saturated rings. The molecule has 0 spiro atoms. The fraction of sp³-hybridized carbons (Fsp3) is 0.474. The van der Waals surface area contributed by atoms with Gasteiger partial charge in [-0.3, -0.25) is 19.0 Å². The zero-order valence-corrected chi connectivity index (χ0v) is 14.7. The number of nitrogens with zero attached hydrogens (tertiary/aromatic N) is 2. The number of carbonyl (C=O) groups is 2. The fourth-order valence-corrected chi connectivity index (χ4v) is 3.28. The van der Waals surface area contributed by atoms with Crippen LogP contribution >= 0.6 is 0 Å². The maximum atomic E-state index is 12.4. The molecule has 2 amide bonds. The van der Waals surface area contributed by atoms with Gasteiger partial charge in [0.2, 0.25) is 11.8 Å². The van der Waals surface area contributed by atoms with Crippen LogP contribution in [-0.4, -0.2) is 34.0 Å². The summed E-state index contributed by atoms with van der Waals surface area (Å²) in [6.45, 7) is 0.201. The number of carbonyl (C=O) groups excluding carboxylic acids is 2. The number of benzene rings is 1. The van der Waals surface area contributed by atoms with Crippen molar-refractivity contribution in [3.63, 3.8) is 0 Å². The van der Waals surface area contributed by atoms with Crippen LogP contribution < -0.4 is 16.2 Å². The average molecular weight is 356 g/mol. The molecule has 1 aliphatic rings. The van der Waals surface area contributed by atoms with E-state index in [4.69, 9.17) is 0 Å². The SMILES string of the molecule is O=C(CCn1cnc2ccccc2c1=O)NCC(=O)NC1CCCCC1. The van der Waals surface area contributed by atoms with Gasteiger partial charge >= 0.3 is 0 Å². The van der Waals surface area contributed by atoms with Crippen molar-refractivity contribution in [2.45, 2.75) is 51.1 Å². The first-order valence-corrected chi connectivity index (χ1v) is 9.14. The van der Waals surface area contributed by atoms with Crippen LogP contribution in [0.15, 0.2) is 35.4 Å². The summed E-state index contributed by atoms with van der Waals surface area (Å²) in [5.74, 6) is -0.418. The molecule has 0 atom stereocenters. The van der Waals surface area contributed by atoms with Crippen LogP contribution in [0.5, 0.6) is 0 Å². The minimum atomic E-state index is -0.260. The summed E-state index contributed by atoms with van der Waals surface area (Å²) in [6, 6.07) is 7.34. The molecule has 7 heteroatoms. The van der Waals surface area contributed by atoms with E-state index in [1.807, 2.05) is 6.07 Å². The predicted octanol–water partition coefficient (Wildman–Crippen LogP) is 1.35. The van der Waals surface area contributed by atoms with Gasteiger partial charge in [-0.2, -0.15) is 0 Å². The lowest BCUT2D eigenvalue weighted by Gasteiger charge is -2.22. The molecule has 0 bridgehead atoms. The lowest BCUT2D eigenvalue weighted by Crippen LogP contribution is -2.42. The van der Waals surface area contributed by atoms with Crippen molar-refractivity contribution in [2.75, 3.05) is 6.54 Å². The van der Waals surface area contributed by atoms with E-state index in [-0.39, 0.29) is 42.9 Å². The van der Waals surface area contributed by atoms with Crippen LogP contribution in [0.3, 0.4) is 0 Å². The average Bonchev–Trinajstić information content (AvgIpc) is 2.67. The smallest absolute Gasteiger partial charge is 0.261 e. The second-order valence-corrected chi connectivity index (χ2v) is 6.69. The molecule has 1 aliphatic carbocycles. The Morgan fingerprint density at radius 2 is 1.88 bits per heavy atom. The molecule has 0 saturated heterocycles. The van der Waals surface area contributed by atoms with E-state index in [2.05, 4.69) is 15.6 Å².